The fourth-order valence-corrected chi connectivity index (χ4v) is 2.45. The molecule has 1 atom stereocenters. The largest absolute Gasteiger partial charge is 0.310 e. The zero-order chi connectivity index (χ0) is 14.3. The maximum atomic E-state index is 9.41. The van der Waals surface area contributed by atoms with Gasteiger partial charge < -0.3 is 10.6 Å². The Balaban J connectivity index is 2.71. The summed E-state index contributed by atoms with van der Waals surface area (Å²) in [5.41, 5.74) is 6.27. The molecule has 0 radical (unpaired) electrons. The molecule has 0 saturated heterocycles. The monoisotopic (exact) mass is 259 g/mol. The van der Waals surface area contributed by atoms with Crippen molar-refractivity contribution in [2.24, 2.45) is 5.73 Å². The number of hydrogen-bond acceptors (Lipinski definition) is 3. The van der Waals surface area contributed by atoms with Gasteiger partial charge in [-0.2, -0.15) is 5.26 Å². The fourth-order valence-electron chi connectivity index (χ4n) is 2.45. The van der Waals surface area contributed by atoms with E-state index in [1.807, 2.05) is 30.3 Å². The number of nitriles is 1. The number of benzene rings is 1. The Kier molecular flexibility index (Phi) is 6.01. The van der Waals surface area contributed by atoms with Gasteiger partial charge in [0.1, 0.15) is 5.54 Å². The van der Waals surface area contributed by atoms with Crippen LogP contribution in [0.3, 0.4) is 0 Å². The van der Waals surface area contributed by atoms with Gasteiger partial charge >= 0.3 is 0 Å². The molecule has 0 saturated carbocycles. The molecule has 0 aromatic heterocycles. The van der Waals surface area contributed by atoms with Crippen LogP contribution in [0.2, 0.25) is 0 Å². The molecule has 0 heterocycles. The van der Waals surface area contributed by atoms with Crippen LogP contribution in [0, 0.1) is 11.3 Å². The van der Waals surface area contributed by atoms with Crippen LogP contribution in [0.5, 0.6) is 0 Å². The van der Waals surface area contributed by atoms with Crippen LogP contribution in [0.25, 0.3) is 0 Å². The molecule has 0 aliphatic carbocycles. The summed E-state index contributed by atoms with van der Waals surface area (Å²) < 4.78 is 0. The Hall–Kier alpha value is -1.37. The predicted molar refractivity (Wildman–Crippen MR) is 79.5 cm³/mol. The van der Waals surface area contributed by atoms with Gasteiger partial charge in [0, 0.05) is 12.6 Å². The van der Waals surface area contributed by atoms with Gasteiger partial charge in [-0.05, 0) is 31.9 Å². The van der Waals surface area contributed by atoms with E-state index in [0.717, 1.165) is 24.9 Å². The Morgan fingerprint density at radius 3 is 2.32 bits per heavy atom. The van der Waals surface area contributed by atoms with Crippen LogP contribution in [0.4, 0.5) is 0 Å². The molecule has 0 aliphatic rings. The molecule has 1 aromatic carbocycles. The number of rotatable bonds is 7. The molecule has 104 valence electrons. The normalized spacial score (nSPS) is 14.4. The van der Waals surface area contributed by atoms with Crippen LogP contribution in [0.15, 0.2) is 30.3 Å². The van der Waals surface area contributed by atoms with Gasteiger partial charge in [-0.1, -0.05) is 44.2 Å². The summed E-state index contributed by atoms with van der Waals surface area (Å²) in [5, 5.41) is 9.41. The molecule has 0 amide bonds. The lowest BCUT2D eigenvalue weighted by Gasteiger charge is -2.30. The van der Waals surface area contributed by atoms with Gasteiger partial charge in [-0.15, -0.1) is 0 Å². The topological polar surface area (TPSA) is 53.0 Å². The SMILES string of the molecule is CCC(CC)N(C)CCC(N)(C#N)c1ccccc1. The van der Waals surface area contributed by atoms with Gasteiger partial charge in [-0.3, -0.25) is 0 Å². The molecule has 1 aromatic rings. The highest BCUT2D eigenvalue weighted by Gasteiger charge is 2.27. The smallest absolute Gasteiger partial charge is 0.131 e. The summed E-state index contributed by atoms with van der Waals surface area (Å²) in [5.74, 6) is 0. The Morgan fingerprint density at radius 1 is 1.26 bits per heavy atom. The highest BCUT2D eigenvalue weighted by Crippen LogP contribution is 2.22. The van der Waals surface area contributed by atoms with Crippen molar-refractivity contribution < 1.29 is 0 Å². The standard InChI is InChI=1S/C16H25N3/c1-4-15(5-2)19(3)12-11-16(18,13-17)14-9-7-6-8-10-14/h6-10,15H,4-5,11-12,18H2,1-3H3. The van der Waals surface area contributed by atoms with Crippen molar-refractivity contribution in [2.45, 2.75) is 44.7 Å². The molecule has 3 nitrogen and oxygen atoms in total. The molecule has 1 unspecified atom stereocenters. The summed E-state index contributed by atoms with van der Waals surface area (Å²) in [6.45, 7) is 5.23. The lowest BCUT2D eigenvalue weighted by atomic mass is 9.89. The predicted octanol–water partition coefficient (Wildman–Crippen LogP) is 2.87. The second kappa shape index (κ2) is 7.28. The second-order valence-electron chi connectivity index (χ2n) is 5.15. The van der Waals surface area contributed by atoms with Crippen LogP contribution in [-0.4, -0.2) is 24.5 Å². The Morgan fingerprint density at radius 2 is 1.84 bits per heavy atom. The minimum Gasteiger partial charge on any atom is -0.310 e. The molecule has 0 fully saturated rings. The van der Waals surface area contributed by atoms with Crippen LogP contribution in [0.1, 0.15) is 38.7 Å². The van der Waals surface area contributed by atoms with Crippen LogP contribution in [-0.2, 0) is 5.54 Å². The van der Waals surface area contributed by atoms with Crippen molar-refractivity contribution in [1.82, 2.24) is 4.90 Å². The second-order valence-corrected chi connectivity index (χ2v) is 5.15. The van der Waals surface area contributed by atoms with E-state index in [2.05, 4.69) is 31.9 Å². The van der Waals surface area contributed by atoms with Crippen molar-refractivity contribution in [2.75, 3.05) is 13.6 Å². The van der Waals surface area contributed by atoms with E-state index < -0.39 is 5.54 Å². The zero-order valence-corrected chi connectivity index (χ0v) is 12.3. The summed E-state index contributed by atoms with van der Waals surface area (Å²) in [7, 11) is 2.11. The van der Waals surface area contributed by atoms with Crippen molar-refractivity contribution in [1.29, 1.82) is 5.26 Å². The minimum absolute atomic E-state index is 0.568. The average molecular weight is 259 g/mol. The van der Waals surface area contributed by atoms with Gasteiger partial charge in [0.15, 0.2) is 0 Å². The van der Waals surface area contributed by atoms with Gasteiger partial charge in [0.25, 0.3) is 0 Å². The first-order valence-corrected chi connectivity index (χ1v) is 7.03. The van der Waals surface area contributed by atoms with Crippen molar-refractivity contribution in [3.8, 4) is 6.07 Å². The lowest BCUT2D eigenvalue weighted by molar-refractivity contribution is 0.214. The van der Waals surface area contributed by atoms with E-state index >= 15 is 0 Å². The Labute approximate surface area is 117 Å². The molecule has 0 aliphatic heterocycles. The van der Waals surface area contributed by atoms with Gasteiger partial charge in [0.05, 0.1) is 6.07 Å². The minimum atomic E-state index is -0.887. The Bertz CT molecular complexity index is 406. The van der Waals surface area contributed by atoms with E-state index in [4.69, 9.17) is 5.73 Å². The first-order valence-electron chi connectivity index (χ1n) is 7.03. The first-order chi connectivity index (χ1) is 9.07. The maximum absolute atomic E-state index is 9.41. The number of nitrogens with zero attached hydrogens (tertiary/aromatic N) is 2. The van der Waals surface area contributed by atoms with Crippen molar-refractivity contribution in [3.63, 3.8) is 0 Å². The third-order valence-corrected chi connectivity index (χ3v) is 3.91. The molecule has 3 heteroatoms. The number of nitrogens with two attached hydrogens (primary N) is 1. The summed E-state index contributed by atoms with van der Waals surface area (Å²) in [4.78, 5) is 2.31. The van der Waals surface area contributed by atoms with Gasteiger partial charge in [0.2, 0.25) is 0 Å². The number of hydrogen-bond donors (Lipinski definition) is 1. The van der Waals surface area contributed by atoms with E-state index in [1.165, 1.54) is 0 Å². The maximum Gasteiger partial charge on any atom is 0.131 e. The van der Waals surface area contributed by atoms with Crippen LogP contribution < -0.4 is 5.73 Å². The molecule has 1 rings (SSSR count). The van der Waals surface area contributed by atoms with Crippen molar-refractivity contribution in [3.05, 3.63) is 35.9 Å². The first kappa shape index (κ1) is 15.7. The zero-order valence-electron chi connectivity index (χ0n) is 12.3. The van der Waals surface area contributed by atoms with E-state index in [1.54, 1.807) is 0 Å². The quantitative estimate of drug-likeness (QED) is 0.819. The molecule has 0 bridgehead atoms. The third-order valence-electron chi connectivity index (χ3n) is 3.91. The van der Waals surface area contributed by atoms with E-state index in [-0.39, 0.29) is 0 Å². The van der Waals surface area contributed by atoms with Crippen LogP contribution >= 0.6 is 0 Å². The molecule has 0 spiro atoms. The lowest BCUT2D eigenvalue weighted by Crippen LogP contribution is -2.41. The summed E-state index contributed by atoms with van der Waals surface area (Å²) in [6, 6.07) is 12.5. The van der Waals surface area contributed by atoms with E-state index in [0.29, 0.717) is 12.5 Å². The van der Waals surface area contributed by atoms with Crippen molar-refractivity contribution >= 4 is 0 Å². The average Bonchev–Trinajstić information content (AvgIpc) is 2.47. The summed E-state index contributed by atoms with van der Waals surface area (Å²) >= 11 is 0. The highest BCUT2D eigenvalue weighted by atomic mass is 15.1. The third kappa shape index (κ3) is 4.05. The molecule has 19 heavy (non-hydrogen) atoms. The van der Waals surface area contributed by atoms with E-state index in [9.17, 15) is 5.26 Å². The van der Waals surface area contributed by atoms with Gasteiger partial charge in [-0.25, -0.2) is 0 Å². The fraction of sp³-hybridized carbons (Fsp3) is 0.562. The molecular weight excluding hydrogens is 234 g/mol. The molecular formula is C16H25N3. The molecule has 2 N–H and O–H groups in total. The highest BCUT2D eigenvalue weighted by molar-refractivity contribution is 5.30. The summed E-state index contributed by atoms with van der Waals surface area (Å²) in [6.07, 6.45) is 2.91.